The minimum atomic E-state index is -0.0413. The number of nitrogens with zero attached hydrogens (tertiary/aromatic N) is 4. The molecule has 0 fully saturated rings. The van der Waals surface area contributed by atoms with Crippen LogP contribution >= 0.6 is 23.4 Å². The molecule has 2 aromatic rings. The van der Waals surface area contributed by atoms with E-state index in [-0.39, 0.29) is 12.5 Å². The van der Waals surface area contributed by atoms with Gasteiger partial charge in [0.1, 0.15) is 12.4 Å². The van der Waals surface area contributed by atoms with E-state index in [1.165, 1.54) is 6.92 Å². The van der Waals surface area contributed by atoms with Crippen LogP contribution in [0.3, 0.4) is 0 Å². The van der Waals surface area contributed by atoms with Crippen LogP contribution in [0, 0.1) is 0 Å². The molecular weight excluding hydrogens is 312 g/mol. The molecule has 0 unspecified atom stereocenters. The maximum atomic E-state index is 11.7. The molecule has 1 aliphatic heterocycles. The molecule has 0 saturated carbocycles. The molecule has 1 aliphatic rings. The summed E-state index contributed by atoms with van der Waals surface area (Å²) in [6.07, 6.45) is 0. The van der Waals surface area contributed by atoms with E-state index in [1.807, 2.05) is 12.1 Å². The third-order valence-corrected chi connectivity index (χ3v) is 4.11. The minimum Gasteiger partial charge on any atom is -0.485 e. The number of aromatic nitrogens is 3. The fourth-order valence-electron chi connectivity index (χ4n) is 2.04. The summed E-state index contributed by atoms with van der Waals surface area (Å²) in [5, 5.41) is 11.1. The van der Waals surface area contributed by atoms with Gasteiger partial charge in [0.25, 0.3) is 0 Å². The number of rotatable bonds is 3. The number of hydrogen-bond acceptors (Lipinski definition) is 5. The Labute approximate surface area is 131 Å². The van der Waals surface area contributed by atoms with Crippen LogP contribution in [0.4, 0.5) is 0 Å². The lowest BCUT2D eigenvalue weighted by molar-refractivity contribution is -0.118. The standard InChI is InChI=1S/C13H13ClN4O2S/c1-9(19)17-5-6-21-13-16-15-12(18(13)17)8-20-11-4-2-3-10(14)7-11/h2-4,7H,5-6,8H2,1H3. The first-order valence-electron chi connectivity index (χ1n) is 6.39. The van der Waals surface area contributed by atoms with Crippen molar-refractivity contribution in [3.8, 4) is 5.75 Å². The smallest absolute Gasteiger partial charge is 0.238 e. The molecule has 0 saturated heterocycles. The number of thioether (sulfide) groups is 1. The van der Waals surface area contributed by atoms with Gasteiger partial charge in [-0.05, 0) is 18.2 Å². The van der Waals surface area contributed by atoms with Crippen molar-refractivity contribution in [3.05, 3.63) is 35.1 Å². The van der Waals surface area contributed by atoms with E-state index in [0.717, 1.165) is 5.75 Å². The topological polar surface area (TPSA) is 60.3 Å². The normalized spacial score (nSPS) is 13.9. The monoisotopic (exact) mass is 324 g/mol. The average Bonchev–Trinajstić information content (AvgIpc) is 2.88. The van der Waals surface area contributed by atoms with Crippen LogP contribution in [0.15, 0.2) is 29.4 Å². The van der Waals surface area contributed by atoms with Crippen LogP contribution in [0.2, 0.25) is 5.02 Å². The second-order valence-electron chi connectivity index (χ2n) is 4.45. The molecule has 0 spiro atoms. The molecule has 3 rings (SSSR count). The molecule has 1 aromatic carbocycles. The van der Waals surface area contributed by atoms with Gasteiger partial charge in [0, 0.05) is 17.7 Å². The zero-order valence-corrected chi connectivity index (χ0v) is 12.9. The number of fused-ring (bicyclic) bond motifs is 1. The lowest BCUT2D eigenvalue weighted by Crippen LogP contribution is -2.44. The number of benzene rings is 1. The largest absolute Gasteiger partial charge is 0.485 e. The van der Waals surface area contributed by atoms with Crippen molar-refractivity contribution in [1.82, 2.24) is 14.9 Å². The third kappa shape index (κ3) is 2.98. The zero-order chi connectivity index (χ0) is 14.8. The van der Waals surface area contributed by atoms with Crippen LogP contribution < -0.4 is 9.75 Å². The number of ether oxygens (including phenoxy) is 1. The van der Waals surface area contributed by atoms with Gasteiger partial charge in [0.05, 0.1) is 6.54 Å². The van der Waals surface area contributed by atoms with Gasteiger partial charge in [-0.2, -0.15) is 0 Å². The van der Waals surface area contributed by atoms with Crippen molar-refractivity contribution in [1.29, 1.82) is 0 Å². The van der Waals surface area contributed by atoms with Crippen molar-refractivity contribution in [3.63, 3.8) is 0 Å². The molecule has 21 heavy (non-hydrogen) atoms. The highest BCUT2D eigenvalue weighted by Crippen LogP contribution is 2.23. The molecule has 8 heteroatoms. The fourth-order valence-corrected chi connectivity index (χ4v) is 3.10. The summed E-state index contributed by atoms with van der Waals surface area (Å²) in [5.41, 5.74) is 0. The lowest BCUT2D eigenvalue weighted by Gasteiger charge is -2.27. The second-order valence-corrected chi connectivity index (χ2v) is 5.95. The Bertz CT molecular complexity index is 676. The summed E-state index contributed by atoms with van der Waals surface area (Å²) in [6.45, 7) is 2.38. The van der Waals surface area contributed by atoms with E-state index >= 15 is 0 Å². The SMILES string of the molecule is CC(=O)N1CCSc2nnc(COc3cccc(Cl)c3)n21. The maximum Gasteiger partial charge on any atom is 0.238 e. The maximum absolute atomic E-state index is 11.7. The Balaban J connectivity index is 1.81. The first kappa shape index (κ1) is 14.2. The summed E-state index contributed by atoms with van der Waals surface area (Å²) >= 11 is 7.49. The van der Waals surface area contributed by atoms with E-state index in [4.69, 9.17) is 16.3 Å². The molecule has 0 bridgehead atoms. The number of carbonyl (C=O) groups is 1. The van der Waals surface area contributed by atoms with Gasteiger partial charge in [-0.1, -0.05) is 29.4 Å². The predicted octanol–water partition coefficient (Wildman–Crippen LogP) is 2.10. The fraction of sp³-hybridized carbons (Fsp3) is 0.308. The van der Waals surface area contributed by atoms with Crippen molar-refractivity contribution in [2.45, 2.75) is 18.7 Å². The zero-order valence-electron chi connectivity index (χ0n) is 11.3. The van der Waals surface area contributed by atoms with Gasteiger partial charge < -0.3 is 4.74 Å². The first-order chi connectivity index (χ1) is 10.1. The quantitative estimate of drug-likeness (QED) is 0.865. The van der Waals surface area contributed by atoms with E-state index < -0.39 is 0 Å². The molecule has 1 aromatic heterocycles. The molecule has 1 amide bonds. The number of halogens is 1. The summed E-state index contributed by atoms with van der Waals surface area (Å²) in [7, 11) is 0. The van der Waals surface area contributed by atoms with Gasteiger partial charge in [-0.3, -0.25) is 4.79 Å². The Morgan fingerprint density at radius 2 is 2.33 bits per heavy atom. The second kappa shape index (κ2) is 5.95. The molecule has 0 N–H and O–H groups in total. The van der Waals surface area contributed by atoms with Crippen molar-refractivity contribution < 1.29 is 9.53 Å². The highest BCUT2D eigenvalue weighted by atomic mass is 35.5. The Morgan fingerprint density at radius 1 is 1.48 bits per heavy atom. The van der Waals surface area contributed by atoms with Crippen molar-refractivity contribution >= 4 is 29.3 Å². The van der Waals surface area contributed by atoms with Crippen molar-refractivity contribution in [2.24, 2.45) is 0 Å². The molecule has 0 radical (unpaired) electrons. The third-order valence-electron chi connectivity index (χ3n) is 2.98. The summed E-state index contributed by atoms with van der Waals surface area (Å²) in [4.78, 5) is 11.7. The van der Waals surface area contributed by atoms with E-state index in [0.29, 0.717) is 28.3 Å². The van der Waals surface area contributed by atoms with Crippen molar-refractivity contribution in [2.75, 3.05) is 17.3 Å². The summed E-state index contributed by atoms with van der Waals surface area (Å²) in [5.74, 6) is 2.01. The Hall–Kier alpha value is -1.73. The van der Waals surface area contributed by atoms with Gasteiger partial charge in [-0.25, -0.2) is 9.69 Å². The average molecular weight is 325 g/mol. The first-order valence-corrected chi connectivity index (χ1v) is 7.75. The van der Waals surface area contributed by atoms with Crippen LogP contribution in [0.1, 0.15) is 12.7 Å². The molecule has 2 heterocycles. The van der Waals surface area contributed by atoms with E-state index in [1.54, 1.807) is 33.6 Å². The predicted molar refractivity (Wildman–Crippen MR) is 80.3 cm³/mol. The van der Waals surface area contributed by atoms with Gasteiger partial charge in [0.2, 0.25) is 11.1 Å². The number of hydrogen-bond donors (Lipinski definition) is 0. The molecule has 110 valence electrons. The van der Waals surface area contributed by atoms with Gasteiger partial charge in [0.15, 0.2) is 5.82 Å². The number of carbonyl (C=O) groups excluding carboxylic acids is 1. The van der Waals surface area contributed by atoms with Gasteiger partial charge >= 0.3 is 0 Å². The minimum absolute atomic E-state index is 0.0413. The van der Waals surface area contributed by atoms with Gasteiger partial charge in [-0.15, -0.1) is 10.2 Å². The molecule has 6 nitrogen and oxygen atoms in total. The van der Waals surface area contributed by atoms with E-state index in [2.05, 4.69) is 10.2 Å². The summed E-state index contributed by atoms with van der Waals surface area (Å²) < 4.78 is 7.39. The lowest BCUT2D eigenvalue weighted by atomic mass is 10.3. The molecule has 0 atom stereocenters. The molecule has 0 aliphatic carbocycles. The molecular formula is C13H13ClN4O2S. The Morgan fingerprint density at radius 3 is 3.10 bits per heavy atom. The van der Waals surface area contributed by atoms with Crippen LogP contribution in [-0.2, 0) is 11.4 Å². The van der Waals surface area contributed by atoms with Crippen LogP contribution in [-0.4, -0.2) is 33.1 Å². The van der Waals surface area contributed by atoms with Crippen LogP contribution in [0.25, 0.3) is 0 Å². The van der Waals surface area contributed by atoms with E-state index in [9.17, 15) is 4.79 Å². The Kier molecular flexibility index (Phi) is 4.03. The highest BCUT2D eigenvalue weighted by Gasteiger charge is 2.25. The highest BCUT2D eigenvalue weighted by molar-refractivity contribution is 7.99. The number of amides is 1. The van der Waals surface area contributed by atoms with Crippen LogP contribution in [0.5, 0.6) is 5.75 Å². The summed E-state index contributed by atoms with van der Waals surface area (Å²) in [6, 6.07) is 7.14.